The van der Waals surface area contributed by atoms with Crippen LogP contribution in [-0.2, 0) is 6.54 Å². The summed E-state index contributed by atoms with van der Waals surface area (Å²) < 4.78 is 5.32. The van der Waals surface area contributed by atoms with E-state index in [-0.39, 0.29) is 29.7 Å². The molecule has 0 fully saturated rings. The quantitative estimate of drug-likeness (QED) is 0.214. The highest BCUT2D eigenvalue weighted by Gasteiger charge is 2.28. The molecule has 0 aromatic heterocycles. The number of phenolic OH excluding ortho intramolecular Hbond substituents is 3. The second-order valence-corrected chi connectivity index (χ2v) is 6.33. The van der Waals surface area contributed by atoms with Crippen LogP contribution in [0.15, 0.2) is 40.5 Å². The summed E-state index contributed by atoms with van der Waals surface area (Å²) in [7, 11) is 1.50. The minimum absolute atomic E-state index is 0.105. The number of carbonyl (C=O) groups excluding carboxylic acids is 1. The van der Waals surface area contributed by atoms with Gasteiger partial charge >= 0.3 is 5.96 Å². The van der Waals surface area contributed by atoms with Crippen LogP contribution in [0.2, 0.25) is 0 Å². The van der Waals surface area contributed by atoms with Crippen LogP contribution in [0.25, 0.3) is 0 Å². The van der Waals surface area contributed by atoms with Gasteiger partial charge < -0.3 is 25.3 Å². The number of benzene rings is 2. The predicted octanol–water partition coefficient (Wildman–Crippen LogP) is 0.378. The zero-order valence-electron chi connectivity index (χ0n) is 16.2. The minimum Gasteiger partial charge on any atom is -0.504 e. The SMILES string of the molecule is COc1ccc(/C=N/NC(=O)c2cc(O)c(O)c(O)c2)cc1CN1CNC([N+](=O)O)=N1. The lowest BCUT2D eigenvalue weighted by Crippen LogP contribution is -2.29. The van der Waals surface area contributed by atoms with E-state index in [0.717, 1.165) is 12.1 Å². The number of nitrogens with zero attached hydrogens (tertiary/aromatic N) is 4. The Morgan fingerprint density at radius 1 is 1.32 bits per heavy atom. The lowest BCUT2D eigenvalue weighted by molar-refractivity contribution is -0.708. The third-order valence-corrected chi connectivity index (χ3v) is 4.21. The van der Waals surface area contributed by atoms with Gasteiger partial charge in [0.05, 0.1) is 19.9 Å². The number of phenols is 3. The van der Waals surface area contributed by atoms with Crippen molar-refractivity contribution in [3.63, 3.8) is 0 Å². The Labute approximate surface area is 175 Å². The van der Waals surface area contributed by atoms with Crippen LogP contribution in [0, 0.1) is 4.91 Å². The average molecular weight is 431 g/mol. The zero-order chi connectivity index (χ0) is 22.5. The van der Waals surface area contributed by atoms with Gasteiger partial charge in [-0.05, 0) is 35.9 Å². The number of ether oxygens (including phenoxy) is 1. The number of carbonyl (C=O) groups is 1. The molecule has 2 aromatic carbocycles. The molecule has 6 N–H and O–H groups in total. The van der Waals surface area contributed by atoms with E-state index in [9.17, 15) is 25.0 Å². The normalized spacial score (nSPS) is 13.1. The molecule has 13 heteroatoms. The Morgan fingerprint density at radius 3 is 2.65 bits per heavy atom. The lowest BCUT2D eigenvalue weighted by atomic mass is 10.1. The first kappa shape index (κ1) is 21.2. The van der Waals surface area contributed by atoms with Gasteiger partial charge in [-0.2, -0.15) is 10.1 Å². The van der Waals surface area contributed by atoms with E-state index in [2.05, 4.69) is 20.9 Å². The molecule has 0 aliphatic carbocycles. The van der Waals surface area contributed by atoms with Crippen molar-refractivity contribution in [2.45, 2.75) is 6.54 Å². The molecule has 1 aliphatic heterocycles. The van der Waals surface area contributed by atoms with Gasteiger partial charge in [0.2, 0.25) is 0 Å². The van der Waals surface area contributed by atoms with E-state index in [0.29, 0.717) is 16.9 Å². The van der Waals surface area contributed by atoms with Gasteiger partial charge in [-0.25, -0.2) is 10.7 Å². The molecule has 1 heterocycles. The fourth-order valence-corrected chi connectivity index (χ4v) is 2.73. The number of guanidine groups is 1. The number of hydrogen-bond acceptors (Lipinski definition) is 10. The monoisotopic (exact) mass is 431 g/mol. The molecule has 31 heavy (non-hydrogen) atoms. The van der Waals surface area contributed by atoms with Crippen LogP contribution in [0.4, 0.5) is 0 Å². The van der Waals surface area contributed by atoms with Crippen molar-refractivity contribution in [1.82, 2.24) is 15.8 Å². The van der Waals surface area contributed by atoms with Crippen molar-refractivity contribution in [3.8, 4) is 23.0 Å². The molecule has 0 atom stereocenters. The topological polar surface area (TPSA) is 179 Å². The second-order valence-electron chi connectivity index (χ2n) is 6.33. The van der Waals surface area contributed by atoms with Crippen molar-refractivity contribution < 1.29 is 35.0 Å². The van der Waals surface area contributed by atoms with Crippen molar-refractivity contribution in [2.75, 3.05) is 13.8 Å². The van der Waals surface area contributed by atoms with Crippen molar-refractivity contribution >= 4 is 18.1 Å². The number of nitrogens with one attached hydrogen (secondary N) is 2. The lowest BCUT2D eigenvalue weighted by Gasteiger charge is -2.12. The number of hydrogen-bond donors (Lipinski definition) is 6. The van der Waals surface area contributed by atoms with Crippen LogP contribution < -0.4 is 15.5 Å². The second kappa shape index (κ2) is 8.86. The van der Waals surface area contributed by atoms with E-state index >= 15 is 0 Å². The Bertz CT molecular complexity index is 1060. The molecule has 3 rings (SSSR count). The molecule has 1 aliphatic rings. The van der Waals surface area contributed by atoms with Gasteiger partial charge in [0.1, 0.15) is 5.75 Å². The highest BCUT2D eigenvalue weighted by atomic mass is 16.6. The molecule has 2 aromatic rings. The van der Waals surface area contributed by atoms with Gasteiger partial charge in [-0.15, -0.1) is 0 Å². The summed E-state index contributed by atoms with van der Waals surface area (Å²) in [6, 6.07) is 7.09. The Morgan fingerprint density at radius 2 is 2.03 bits per heavy atom. The van der Waals surface area contributed by atoms with E-state index in [1.807, 2.05) is 0 Å². The summed E-state index contributed by atoms with van der Waals surface area (Å²) in [4.78, 5) is 22.6. The Balaban J connectivity index is 1.70. The molecular formula is C18H19N6O7+. The summed E-state index contributed by atoms with van der Waals surface area (Å²) in [5.74, 6) is -2.40. The number of methoxy groups -OCH3 is 1. The van der Waals surface area contributed by atoms with E-state index < -0.39 is 23.2 Å². The van der Waals surface area contributed by atoms with Crippen LogP contribution in [0.3, 0.4) is 0 Å². The molecule has 0 bridgehead atoms. The molecule has 0 radical (unpaired) electrons. The average Bonchev–Trinajstić information content (AvgIpc) is 3.20. The number of aromatic hydroxyl groups is 3. The van der Waals surface area contributed by atoms with E-state index in [1.54, 1.807) is 18.2 Å². The fraction of sp³-hybridized carbons (Fsp3) is 0.167. The summed E-state index contributed by atoms with van der Waals surface area (Å²) in [6.07, 6.45) is 1.37. The van der Waals surface area contributed by atoms with Crippen molar-refractivity contribution in [2.24, 2.45) is 10.2 Å². The summed E-state index contributed by atoms with van der Waals surface area (Å²) in [5, 5.41) is 49.1. The maximum absolute atomic E-state index is 12.1. The molecule has 0 unspecified atom stereocenters. The van der Waals surface area contributed by atoms with Crippen LogP contribution >= 0.6 is 0 Å². The molecule has 13 nitrogen and oxygen atoms in total. The van der Waals surface area contributed by atoms with Gasteiger partial charge in [0.25, 0.3) is 5.91 Å². The van der Waals surface area contributed by atoms with Crippen LogP contribution in [0.1, 0.15) is 21.5 Å². The zero-order valence-corrected chi connectivity index (χ0v) is 16.2. The van der Waals surface area contributed by atoms with E-state index in [1.165, 1.54) is 18.3 Å². The first-order valence-corrected chi connectivity index (χ1v) is 8.77. The smallest absolute Gasteiger partial charge is 0.490 e. The molecule has 1 amide bonds. The van der Waals surface area contributed by atoms with Gasteiger partial charge in [0.15, 0.2) is 28.8 Å². The maximum atomic E-state index is 12.1. The minimum atomic E-state index is -0.725. The summed E-state index contributed by atoms with van der Waals surface area (Å²) >= 11 is 0. The van der Waals surface area contributed by atoms with Crippen LogP contribution in [-0.4, -0.2) is 62.3 Å². The standard InChI is InChI=1S/C18H18N6O7/c1-31-15-3-2-10(4-12(15)8-23-9-19-18(22-23)24(29)30)7-20-21-17(28)11-5-13(25)16(27)14(26)6-11/h2-7H,8-9H2,1H3,(H5-,19,21,22,25,26,27,28,29,30)/p+1/b20-7+. The molecule has 162 valence electrons. The Kier molecular flexibility index (Phi) is 6.05. The highest BCUT2D eigenvalue weighted by molar-refractivity contribution is 5.96. The number of amides is 1. The van der Waals surface area contributed by atoms with Crippen molar-refractivity contribution in [3.05, 3.63) is 51.9 Å². The molecule has 0 spiro atoms. The van der Waals surface area contributed by atoms with Crippen molar-refractivity contribution in [1.29, 1.82) is 0 Å². The third-order valence-electron chi connectivity index (χ3n) is 4.21. The number of rotatable bonds is 6. The number of hydrazone groups is 2. The molecule has 0 saturated carbocycles. The highest BCUT2D eigenvalue weighted by Crippen LogP contribution is 2.35. The van der Waals surface area contributed by atoms with Gasteiger partial charge in [-0.3, -0.25) is 4.79 Å². The molecular weight excluding hydrogens is 412 g/mol. The molecule has 0 saturated heterocycles. The summed E-state index contributed by atoms with van der Waals surface area (Å²) in [6.45, 7) is 0.464. The van der Waals surface area contributed by atoms with Gasteiger partial charge in [-0.1, -0.05) is 4.91 Å². The fourth-order valence-electron chi connectivity index (χ4n) is 2.73. The van der Waals surface area contributed by atoms with Crippen LogP contribution in [0.5, 0.6) is 23.0 Å². The summed E-state index contributed by atoms with van der Waals surface area (Å²) in [5.41, 5.74) is 3.45. The first-order chi connectivity index (χ1) is 14.8. The Hall–Kier alpha value is -4.55. The largest absolute Gasteiger partial charge is 0.504 e. The van der Waals surface area contributed by atoms with E-state index in [4.69, 9.17) is 9.94 Å². The predicted molar refractivity (Wildman–Crippen MR) is 106 cm³/mol. The van der Waals surface area contributed by atoms with Gasteiger partial charge in [0, 0.05) is 16.2 Å². The maximum Gasteiger partial charge on any atom is 0.490 e. The first-order valence-electron chi connectivity index (χ1n) is 8.77. The third kappa shape index (κ3) is 4.90.